The van der Waals surface area contributed by atoms with Crippen molar-refractivity contribution in [3.8, 4) is 0 Å². The molecule has 0 aliphatic heterocycles. The molecule has 2 rings (SSSR count). The Morgan fingerprint density at radius 2 is 2.38 bits per heavy atom. The highest BCUT2D eigenvalue weighted by molar-refractivity contribution is 5.06. The summed E-state index contributed by atoms with van der Waals surface area (Å²) in [6.45, 7) is 5.38. The lowest BCUT2D eigenvalue weighted by Crippen LogP contribution is -2.30. The highest BCUT2D eigenvalue weighted by Crippen LogP contribution is 2.32. The summed E-state index contributed by atoms with van der Waals surface area (Å²) >= 11 is 0. The normalized spacial score (nSPS) is 27.2. The summed E-state index contributed by atoms with van der Waals surface area (Å²) in [4.78, 5) is 0. The summed E-state index contributed by atoms with van der Waals surface area (Å²) in [5.41, 5.74) is 7.57. The zero-order valence-corrected chi connectivity index (χ0v) is 10.4. The van der Waals surface area contributed by atoms with Gasteiger partial charge in [-0.1, -0.05) is 13.3 Å². The first-order valence-electron chi connectivity index (χ1n) is 6.46. The average molecular weight is 221 g/mol. The Labute approximate surface area is 98.0 Å². The van der Waals surface area contributed by atoms with Gasteiger partial charge in [-0.05, 0) is 43.6 Å². The van der Waals surface area contributed by atoms with Gasteiger partial charge in [-0.2, -0.15) is 5.10 Å². The molecule has 1 aromatic rings. The van der Waals surface area contributed by atoms with Gasteiger partial charge < -0.3 is 5.73 Å². The molecule has 1 heterocycles. The molecule has 3 nitrogen and oxygen atoms in total. The van der Waals surface area contributed by atoms with E-state index in [2.05, 4.69) is 25.1 Å². The van der Waals surface area contributed by atoms with Crippen LogP contribution in [0.3, 0.4) is 0 Å². The molecule has 1 aromatic heterocycles. The number of aromatic nitrogens is 2. The minimum absolute atomic E-state index is 0.319. The van der Waals surface area contributed by atoms with Gasteiger partial charge in [0.05, 0.1) is 6.20 Å². The van der Waals surface area contributed by atoms with E-state index >= 15 is 0 Å². The molecule has 16 heavy (non-hydrogen) atoms. The van der Waals surface area contributed by atoms with Crippen LogP contribution < -0.4 is 5.73 Å². The van der Waals surface area contributed by atoms with Gasteiger partial charge >= 0.3 is 0 Å². The standard InChI is InChI=1S/C13H23N3/c1-3-16-9-11(8-15-16)7-13(14)12-5-4-10(2)6-12/h8-10,12-13H,3-7,14H2,1-2H3. The molecule has 3 heteroatoms. The molecule has 0 spiro atoms. The van der Waals surface area contributed by atoms with Gasteiger partial charge in [0.25, 0.3) is 0 Å². The number of nitrogens with two attached hydrogens (primary N) is 1. The second-order valence-corrected chi connectivity index (χ2v) is 5.25. The van der Waals surface area contributed by atoms with E-state index in [1.165, 1.54) is 24.8 Å². The monoisotopic (exact) mass is 221 g/mol. The van der Waals surface area contributed by atoms with E-state index in [-0.39, 0.29) is 0 Å². The zero-order valence-electron chi connectivity index (χ0n) is 10.4. The van der Waals surface area contributed by atoms with Gasteiger partial charge in [0, 0.05) is 18.8 Å². The van der Waals surface area contributed by atoms with Crippen molar-refractivity contribution < 1.29 is 0 Å². The van der Waals surface area contributed by atoms with Crippen LogP contribution in [0, 0.1) is 11.8 Å². The maximum absolute atomic E-state index is 6.29. The molecule has 1 aliphatic rings. The van der Waals surface area contributed by atoms with Crippen molar-refractivity contribution in [1.82, 2.24) is 9.78 Å². The highest BCUT2D eigenvalue weighted by atomic mass is 15.3. The molecule has 0 bridgehead atoms. The second-order valence-electron chi connectivity index (χ2n) is 5.25. The molecule has 90 valence electrons. The lowest BCUT2D eigenvalue weighted by atomic mass is 9.93. The lowest BCUT2D eigenvalue weighted by molar-refractivity contribution is 0.415. The van der Waals surface area contributed by atoms with Gasteiger partial charge in [0.1, 0.15) is 0 Å². The molecule has 3 atom stereocenters. The fourth-order valence-corrected chi connectivity index (χ4v) is 2.76. The van der Waals surface area contributed by atoms with Gasteiger partial charge in [-0.3, -0.25) is 4.68 Å². The minimum Gasteiger partial charge on any atom is -0.327 e. The van der Waals surface area contributed by atoms with Gasteiger partial charge in [-0.25, -0.2) is 0 Å². The zero-order chi connectivity index (χ0) is 11.5. The van der Waals surface area contributed by atoms with E-state index in [9.17, 15) is 0 Å². The van der Waals surface area contributed by atoms with Crippen LogP contribution in [0.15, 0.2) is 12.4 Å². The van der Waals surface area contributed by atoms with Gasteiger partial charge in [0.2, 0.25) is 0 Å². The molecule has 0 saturated heterocycles. The van der Waals surface area contributed by atoms with Crippen LogP contribution in [0.1, 0.15) is 38.7 Å². The molecule has 1 aliphatic carbocycles. The van der Waals surface area contributed by atoms with Gasteiger partial charge in [0.15, 0.2) is 0 Å². The number of aryl methyl sites for hydroxylation is 1. The van der Waals surface area contributed by atoms with E-state index in [0.717, 1.165) is 24.8 Å². The van der Waals surface area contributed by atoms with Crippen LogP contribution in [0.5, 0.6) is 0 Å². The van der Waals surface area contributed by atoms with Crippen molar-refractivity contribution >= 4 is 0 Å². The maximum atomic E-state index is 6.29. The number of rotatable bonds is 4. The fourth-order valence-electron chi connectivity index (χ4n) is 2.76. The van der Waals surface area contributed by atoms with Crippen molar-refractivity contribution in [2.45, 2.75) is 52.1 Å². The van der Waals surface area contributed by atoms with Crippen molar-refractivity contribution in [2.75, 3.05) is 0 Å². The average Bonchev–Trinajstić information content (AvgIpc) is 2.87. The van der Waals surface area contributed by atoms with Crippen LogP contribution in [-0.4, -0.2) is 15.8 Å². The first-order chi connectivity index (χ1) is 7.69. The first-order valence-corrected chi connectivity index (χ1v) is 6.46. The Balaban J connectivity index is 1.89. The molecule has 1 saturated carbocycles. The number of nitrogens with zero attached hydrogens (tertiary/aromatic N) is 2. The quantitative estimate of drug-likeness (QED) is 0.847. The van der Waals surface area contributed by atoms with E-state index in [0.29, 0.717) is 6.04 Å². The molecule has 1 fully saturated rings. The summed E-state index contributed by atoms with van der Waals surface area (Å²) in [6, 6.07) is 0.319. The summed E-state index contributed by atoms with van der Waals surface area (Å²) in [5, 5.41) is 4.29. The fraction of sp³-hybridized carbons (Fsp3) is 0.769. The first kappa shape index (κ1) is 11.6. The smallest absolute Gasteiger partial charge is 0.0522 e. The Morgan fingerprint density at radius 3 is 2.94 bits per heavy atom. The van der Waals surface area contributed by atoms with Crippen LogP contribution >= 0.6 is 0 Å². The van der Waals surface area contributed by atoms with Crippen LogP contribution in [0.2, 0.25) is 0 Å². The third-order valence-electron chi connectivity index (χ3n) is 3.82. The van der Waals surface area contributed by atoms with Crippen molar-refractivity contribution in [1.29, 1.82) is 0 Å². The Bertz CT molecular complexity index is 332. The number of hydrogen-bond donors (Lipinski definition) is 1. The predicted octanol–water partition coefficient (Wildman–Crippen LogP) is 2.21. The third kappa shape index (κ3) is 2.64. The molecule has 0 radical (unpaired) electrons. The van der Waals surface area contributed by atoms with Crippen LogP contribution in [-0.2, 0) is 13.0 Å². The van der Waals surface area contributed by atoms with Crippen molar-refractivity contribution in [3.05, 3.63) is 18.0 Å². The molecular weight excluding hydrogens is 198 g/mol. The lowest BCUT2D eigenvalue weighted by Gasteiger charge is -2.18. The molecule has 3 unspecified atom stereocenters. The summed E-state index contributed by atoms with van der Waals surface area (Å²) in [5.74, 6) is 1.59. The summed E-state index contributed by atoms with van der Waals surface area (Å²) in [6.07, 6.45) is 9.04. The highest BCUT2D eigenvalue weighted by Gasteiger charge is 2.26. The van der Waals surface area contributed by atoms with Crippen LogP contribution in [0.25, 0.3) is 0 Å². The van der Waals surface area contributed by atoms with E-state index in [1.54, 1.807) is 0 Å². The van der Waals surface area contributed by atoms with E-state index < -0.39 is 0 Å². The van der Waals surface area contributed by atoms with Crippen molar-refractivity contribution in [3.63, 3.8) is 0 Å². The molecule has 2 N–H and O–H groups in total. The third-order valence-corrected chi connectivity index (χ3v) is 3.82. The van der Waals surface area contributed by atoms with E-state index in [4.69, 9.17) is 5.73 Å². The number of hydrogen-bond acceptors (Lipinski definition) is 2. The Kier molecular flexibility index (Phi) is 3.64. The molecule has 0 aromatic carbocycles. The van der Waals surface area contributed by atoms with Crippen molar-refractivity contribution in [2.24, 2.45) is 17.6 Å². The largest absolute Gasteiger partial charge is 0.327 e. The maximum Gasteiger partial charge on any atom is 0.0522 e. The Morgan fingerprint density at radius 1 is 1.56 bits per heavy atom. The van der Waals surface area contributed by atoms with E-state index in [1.807, 2.05) is 10.9 Å². The van der Waals surface area contributed by atoms with Crippen LogP contribution in [0.4, 0.5) is 0 Å². The molecule has 0 amide bonds. The van der Waals surface area contributed by atoms with Gasteiger partial charge in [-0.15, -0.1) is 0 Å². The molecular formula is C13H23N3. The SMILES string of the molecule is CCn1cc(CC(N)C2CCC(C)C2)cn1. The Hall–Kier alpha value is -0.830. The second kappa shape index (κ2) is 5.00. The summed E-state index contributed by atoms with van der Waals surface area (Å²) in [7, 11) is 0. The predicted molar refractivity (Wildman–Crippen MR) is 66.1 cm³/mol. The summed E-state index contributed by atoms with van der Waals surface area (Å²) < 4.78 is 1.97. The topological polar surface area (TPSA) is 43.8 Å². The minimum atomic E-state index is 0.319.